The van der Waals surface area contributed by atoms with Crippen molar-refractivity contribution in [2.24, 2.45) is 0 Å². The number of fused-ring (bicyclic) bond motifs is 9. The van der Waals surface area contributed by atoms with Gasteiger partial charge in [-0.15, -0.1) is 11.8 Å². The molecular weight excluding hydrogens is 646 g/mol. The number of ether oxygens (including phenoxy) is 8. The standard InChI is InChI=1S/C33H35N3O11S/c1-14-6-17-7-18-19(8-34)36-20-9-42-33(39)21(43-11-37)10-48-32(26(36)25(35-18)22(17)30(27(14)41-5)44-12-40-4)24-23(20)31-29(45-13-46-31)15(2)28(24)47-16(3)38/h6,11,18-21,25-26,32,35H,7,9-10,12-13H2,1-5H3/t18-,19-,20-,21-,25+,26?,32+/m0/s1. The molecule has 15 heteroatoms. The average Bonchev–Trinajstić information content (AvgIpc) is 3.56. The molecular formula is C33H35N3O11S. The molecule has 14 nitrogen and oxygen atoms in total. The monoisotopic (exact) mass is 681 g/mol. The summed E-state index contributed by atoms with van der Waals surface area (Å²) in [6.07, 6.45) is -0.674. The van der Waals surface area contributed by atoms with E-state index in [1.165, 1.54) is 18.7 Å². The van der Waals surface area contributed by atoms with Crippen molar-refractivity contribution >= 4 is 30.2 Å². The van der Waals surface area contributed by atoms with Gasteiger partial charge in [0.1, 0.15) is 18.4 Å². The van der Waals surface area contributed by atoms with Gasteiger partial charge in [-0.25, -0.2) is 4.79 Å². The summed E-state index contributed by atoms with van der Waals surface area (Å²) in [7, 11) is 3.13. The van der Waals surface area contributed by atoms with Crippen LogP contribution in [0.4, 0.5) is 0 Å². The lowest BCUT2D eigenvalue weighted by atomic mass is 9.72. The highest BCUT2D eigenvalue weighted by Gasteiger charge is 2.59. The van der Waals surface area contributed by atoms with E-state index in [-0.39, 0.29) is 38.5 Å². The summed E-state index contributed by atoms with van der Waals surface area (Å²) in [4.78, 5) is 39.4. The summed E-state index contributed by atoms with van der Waals surface area (Å²) < 4.78 is 46.4. The van der Waals surface area contributed by atoms with Crippen molar-refractivity contribution in [3.05, 3.63) is 39.4 Å². The van der Waals surface area contributed by atoms with Gasteiger partial charge in [-0.2, -0.15) is 5.26 Å². The molecule has 2 fully saturated rings. The van der Waals surface area contributed by atoms with Crippen molar-refractivity contribution in [1.29, 1.82) is 5.26 Å². The Morgan fingerprint density at radius 1 is 1.15 bits per heavy atom. The Hall–Kier alpha value is -4.23. The average molecular weight is 682 g/mol. The number of carbonyl (C=O) groups is 3. The first kappa shape index (κ1) is 32.3. The Kier molecular flexibility index (Phi) is 8.53. The first-order valence-corrected chi connectivity index (χ1v) is 16.6. The van der Waals surface area contributed by atoms with Gasteiger partial charge in [-0.1, -0.05) is 6.07 Å². The van der Waals surface area contributed by atoms with Gasteiger partial charge < -0.3 is 43.2 Å². The SMILES string of the molecule is COCOc1c(OC)c(C)cc2c1[C@H]1N[C@@H](C2)[C@H](C#N)N2C1[C@@H]1SC[C@H](OC=O)C(=O)OC[C@H]2c2c3c(c(C)c(OC(C)=O)c21)OCO3. The zero-order chi connectivity index (χ0) is 33.9. The summed E-state index contributed by atoms with van der Waals surface area (Å²) in [5, 5.41) is 14.0. The molecule has 0 aliphatic carbocycles. The summed E-state index contributed by atoms with van der Waals surface area (Å²) in [6, 6.07) is 1.94. The van der Waals surface area contributed by atoms with E-state index in [1.807, 2.05) is 6.92 Å². The second-order valence-corrected chi connectivity index (χ2v) is 13.4. The lowest BCUT2D eigenvalue weighted by molar-refractivity contribution is -0.163. The molecule has 4 bridgehead atoms. The molecule has 254 valence electrons. The molecule has 0 saturated carbocycles. The number of nitriles is 1. The molecule has 48 heavy (non-hydrogen) atoms. The lowest BCUT2D eigenvalue weighted by Gasteiger charge is -2.59. The number of esters is 2. The highest BCUT2D eigenvalue weighted by atomic mass is 32.2. The minimum Gasteiger partial charge on any atom is -0.493 e. The third-order valence-electron chi connectivity index (χ3n) is 9.64. The fraction of sp³-hybridized carbons (Fsp3) is 0.515. The topological polar surface area (TPSA) is 164 Å². The highest BCUT2D eigenvalue weighted by Crippen LogP contribution is 2.62. The zero-order valence-electron chi connectivity index (χ0n) is 27.0. The lowest BCUT2D eigenvalue weighted by Crippen LogP contribution is -2.69. The Balaban J connectivity index is 1.53. The largest absolute Gasteiger partial charge is 0.493 e. The van der Waals surface area contributed by atoms with Crippen molar-refractivity contribution in [3.63, 3.8) is 0 Å². The predicted octanol–water partition coefficient (Wildman–Crippen LogP) is 2.71. The normalized spacial score (nSPS) is 28.2. The van der Waals surface area contributed by atoms with Crippen molar-refractivity contribution < 1.29 is 52.3 Å². The first-order chi connectivity index (χ1) is 23.2. The number of benzene rings is 2. The van der Waals surface area contributed by atoms with E-state index in [9.17, 15) is 19.6 Å². The number of nitrogens with one attached hydrogen (secondary N) is 1. The second-order valence-electron chi connectivity index (χ2n) is 12.2. The molecule has 7 atom stereocenters. The molecule has 7 rings (SSSR count). The van der Waals surface area contributed by atoms with Crippen molar-refractivity contribution in [1.82, 2.24) is 10.2 Å². The summed E-state index contributed by atoms with van der Waals surface area (Å²) in [5.41, 5.74) is 4.59. The maximum atomic E-state index is 13.2. The Morgan fingerprint density at radius 3 is 2.65 bits per heavy atom. The molecule has 5 heterocycles. The van der Waals surface area contributed by atoms with Crippen LogP contribution in [-0.4, -0.2) is 87.7 Å². The smallest absolute Gasteiger partial charge is 0.348 e. The van der Waals surface area contributed by atoms with E-state index in [0.29, 0.717) is 51.9 Å². The number of thioether (sulfide) groups is 1. The molecule has 2 aromatic carbocycles. The molecule has 0 spiro atoms. The number of methoxy groups -OCH3 is 2. The number of hydrogen-bond donors (Lipinski definition) is 1. The molecule has 2 aromatic rings. The van der Waals surface area contributed by atoms with E-state index < -0.39 is 47.5 Å². The molecule has 5 aliphatic heterocycles. The van der Waals surface area contributed by atoms with Crippen molar-refractivity contribution in [3.8, 4) is 34.8 Å². The Labute approximate surface area is 280 Å². The van der Waals surface area contributed by atoms with Gasteiger partial charge in [0, 0.05) is 54.1 Å². The number of carbonyl (C=O) groups excluding carboxylic acids is 3. The van der Waals surface area contributed by atoms with Crippen LogP contribution in [0.2, 0.25) is 0 Å². The van der Waals surface area contributed by atoms with Crippen LogP contribution >= 0.6 is 11.8 Å². The van der Waals surface area contributed by atoms with E-state index in [0.717, 1.165) is 16.7 Å². The van der Waals surface area contributed by atoms with Gasteiger partial charge in [-0.3, -0.25) is 14.5 Å². The molecule has 5 aliphatic rings. The Bertz CT molecular complexity index is 1730. The van der Waals surface area contributed by atoms with Crippen LogP contribution in [-0.2, 0) is 35.0 Å². The second kappa shape index (κ2) is 12.7. The molecule has 1 N–H and O–H groups in total. The third-order valence-corrected chi connectivity index (χ3v) is 11.0. The predicted molar refractivity (Wildman–Crippen MR) is 167 cm³/mol. The quantitative estimate of drug-likeness (QED) is 0.196. The van der Waals surface area contributed by atoms with Crippen LogP contribution in [0, 0.1) is 25.2 Å². The zero-order valence-corrected chi connectivity index (χ0v) is 27.8. The summed E-state index contributed by atoms with van der Waals surface area (Å²) in [5.74, 6) is 1.06. The minimum absolute atomic E-state index is 0.0220. The van der Waals surface area contributed by atoms with E-state index in [1.54, 1.807) is 21.1 Å². The summed E-state index contributed by atoms with van der Waals surface area (Å²) >= 11 is 1.34. The van der Waals surface area contributed by atoms with Gasteiger partial charge in [0.2, 0.25) is 12.9 Å². The molecule has 0 amide bonds. The van der Waals surface area contributed by atoms with Crippen molar-refractivity contribution in [2.75, 3.05) is 40.2 Å². The highest BCUT2D eigenvalue weighted by molar-refractivity contribution is 7.99. The fourth-order valence-electron chi connectivity index (χ4n) is 7.95. The summed E-state index contributed by atoms with van der Waals surface area (Å²) in [6.45, 7) is 5.01. The third kappa shape index (κ3) is 4.92. The number of cyclic esters (lactones) is 1. The molecule has 2 saturated heterocycles. The maximum Gasteiger partial charge on any atom is 0.348 e. The van der Waals surface area contributed by atoms with Crippen LogP contribution in [0.5, 0.6) is 28.7 Å². The molecule has 0 aromatic heterocycles. The number of aryl methyl sites for hydroxylation is 1. The Morgan fingerprint density at radius 2 is 1.94 bits per heavy atom. The maximum absolute atomic E-state index is 13.2. The van der Waals surface area contributed by atoms with Crippen LogP contribution in [0.1, 0.15) is 57.6 Å². The van der Waals surface area contributed by atoms with E-state index >= 15 is 0 Å². The van der Waals surface area contributed by atoms with Gasteiger partial charge in [0.15, 0.2) is 29.8 Å². The number of nitrogens with zero attached hydrogens (tertiary/aromatic N) is 2. The fourth-order valence-corrected chi connectivity index (χ4v) is 9.45. The minimum atomic E-state index is -1.19. The van der Waals surface area contributed by atoms with Gasteiger partial charge in [0.25, 0.3) is 6.47 Å². The first-order valence-electron chi connectivity index (χ1n) is 15.5. The van der Waals surface area contributed by atoms with Gasteiger partial charge in [-0.05, 0) is 31.4 Å². The van der Waals surface area contributed by atoms with Gasteiger partial charge in [0.05, 0.1) is 30.5 Å². The van der Waals surface area contributed by atoms with Crippen LogP contribution in [0.15, 0.2) is 6.07 Å². The van der Waals surface area contributed by atoms with Crippen LogP contribution < -0.4 is 29.0 Å². The van der Waals surface area contributed by atoms with E-state index in [4.69, 9.17) is 37.9 Å². The molecule has 1 unspecified atom stereocenters. The van der Waals surface area contributed by atoms with Crippen molar-refractivity contribution in [2.45, 2.75) is 68.8 Å². The number of piperazine rings is 1. The molecule has 0 radical (unpaired) electrons. The number of rotatable bonds is 7. The number of hydrogen-bond acceptors (Lipinski definition) is 15. The van der Waals surface area contributed by atoms with E-state index in [2.05, 4.69) is 22.4 Å². The van der Waals surface area contributed by atoms with Gasteiger partial charge >= 0.3 is 11.9 Å². The van der Waals surface area contributed by atoms with Crippen LogP contribution in [0.3, 0.4) is 0 Å². The van der Waals surface area contributed by atoms with Crippen LogP contribution in [0.25, 0.3) is 0 Å².